The van der Waals surface area contributed by atoms with Gasteiger partial charge in [-0.15, -0.1) is 0 Å². The average molecular weight is 354 g/mol. The third kappa shape index (κ3) is 5.20. The molecule has 0 aromatic heterocycles. The van der Waals surface area contributed by atoms with Crippen LogP contribution in [0.4, 0.5) is 18.0 Å². The lowest BCUT2D eigenvalue weighted by Gasteiger charge is -2.11. The molecule has 3 amide bonds. The predicted molar refractivity (Wildman–Crippen MR) is 82.4 cm³/mol. The van der Waals surface area contributed by atoms with Crippen molar-refractivity contribution in [2.24, 2.45) is 0 Å². The topological polar surface area (TPSA) is 84.5 Å². The van der Waals surface area contributed by atoms with E-state index in [4.69, 9.17) is 4.74 Å². The molecule has 2 rings (SSSR count). The van der Waals surface area contributed by atoms with Gasteiger partial charge in [0, 0.05) is 0 Å². The Labute approximate surface area is 139 Å². The monoisotopic (exact) mass is 354 g/mol. The molecule has 0 radical (unpaired) electrons. The molecule has 6 nitrogen and oxygen atoms in total. The van der Waals surface area contributed by atoms with Crippen LogP contribution in [0.15, 0.2) is 36.4 Å². The van der Waals surface area contributed by atoms with Crippen LogP contribution in [0.1, 0.15) is 10.4 Å². The molecule has 0 saturated heterocycles. The lowest BCUT2D eigenvalue weighted by Crippen LogP contribution is -2.44. The van der Waals surface area contributed by atoms with Crippen LogP contribution in [0, 0.1) is 0 Å². The SMILES string of the molecule is O=Cc1c(OCC(=O)NC(=O)NCC(F)(F)F)ccc2ccccc12. The van der Waals surface area contributed by atoms with Crippen LogP contribution in [0.5, 0.6) is 5.75 Å². The molecule has 0 saturated carbocycles. The molecule has 0 heterocycles. The zero-order chi connectivity index (χ0) is 18.4. The Kier molecular flexibility index (Phi) is 5.58. The van der Waals surface area contributed by atoms with Crippen LogP contribution in [0.25, 0.3) is 10.8 Å². The minimum Gasteiger partial charge on any atom is -0.483 e. The number of alkyl halides is 3. The Morgan fingerprint density at radius 1 is 1.12 bits per heavy atom. The van der Waals surface area contributed by atoms with Gasteiger partial charge in [-0.25, -0.2) is 4.79 Å². The van der Waals surface area contributed by atoms with E-state index in [-0.39, 0.29) is 11.3 Å². The van der Waals surface area contributed by atoms with Crippen molar-refractivity contribution in [1.82, 2.24) is 10.6 Å². The van der Waals surface area contributed by atoms with Crippen molar-refractivity contribution in [3.05, 3.63) is 42.0 Å². The predicted octanol–water partition coefficient (Wildman–Crippen LogP) is 2.42. The van der Waals surface area contributed by atoms with Crippen molar-refractivity contribution >= 4 is 29.0 Å². The number of carbonyl (C=O) groups excluding carboxylic acids is 3. The average Bonchev–Trinajstić information content (AvgIpc) is 2.57. The second-order valence-electron chi connectivity index (χ2n) is 4.95. The van der Waals surface area contributed by atoms with E-state index in [9.17, 15) is 27.6 Å². The van der Waals surface area contributed by atoms with E-state index >= 15 is 0 Å². The number of amides is 3. The fourth-order valence-electron chi connectivity index (χ4n) is 2.05. The third-order valence-corrected chi connectivity index (χ3v) is 3.11. The van der Waals surface area contributed by atoms with Crippen LogP contribution >= 0.6 is 0 Å². The molecule has 2 aromatic rings. The Morgan fingerprint density at radius 2 is 1.84 bits per heavy atom. The van der Waals surface area contributed by atoms with Gasteiger partial charge < -0.3 is 10.1 Å². The fraction of sp³-hybridized carbons (Fsp3) is 0.188. The van der Waals surface area contributed by atoms with E-state index < -0.39 is 31.3 Å². The first kappa shape index (κ1) is 18.2. The lowest BCUT2D eigenvalue weighted by molar-refractivity contribution is -0.125. The Hall–Kier alpha value is -3.10. The molecule has 0 atom stereocenters. The Balaban J connectivity index is 1.97. The number of hydrogen-bond acceptors (Lipinski definition) is 4. The second-order valence-corrected chi connectivity index (χ2v) is 4.95. The molecular formula is C16H13F3N2O4. The molecule has 0 spiro atoms. The number of ether oxygens (including phenoxy) is 1. The zero-order valence-electron chi connectivity index (χ0n) is 12.7. The largest absolute Gasteiger partial charge is 0.483 e. The first-order valence-corrected chi connectivity index (χ1v) is 7.04. The number of fused-ring (bicyclic) bond motifs is 1. The highest BCUT2D eigenvalue weighted by Gasteiger charge is 2.28. The van der Waals surface area contributed by atoms with Crippen LogP contribution in [0.3, 0.4) is 0 Å². The smallest absolute Gasteiger partial charge is 0.405 e. The molecule has 2 aromatic carbocycles. The van der Waals surface area contributed by atoms with E-state index in [0.717, 1.165) is 5.39 Å². The van der Waals surface area contributed by atoms with Crippen molar-refractivity contribution in [2.45, 2.75) is 6.18 Å². The zero-order valence-corrected chi connectivity index (χ0v) is 12.7. The summed E-state index contributed by atoms with van der Waals surface area (Å²) in [6, 6.07) is 8.91. The maximum atomic E-state index is 11.9. The number of urea groups is 1. The van der Waals surface area contributed by atoms with Gasteiger partial charge in [-0.2, -0.15) is 13.2 Å². The summed E-state index contributed by atoms with van der Waals surface area (Å²) in [5.41, 5.74) is 0.229. The molecule has 0 unspecified atom stereocenters. The fourth-order valence-corrected chi connectivity index (χ4v) is 2.05. The number of carbonyl (C=O) groups is 3. The van der Waals surface area contributed by atoms with Gasteiger partial charge in [0.15, 0.2) is 12.9 Å². The number of benzene rings is 2. The van der Waals surface area contributed by atoms with E-state index in [0.29, 0.717) is 11.7 Å². The molecule has 0 aliphatic heterocycles. The van der Waals surface area contributed by atoms with Gasteiger partial charge in [-0.05, 0) is 16.8 Å². The van der Waals surface area contributed by atoms with Gasteiger partial charge >= 0.3 is 12.2 Å². The molecule has 0 aliphatic carbocycles. The minimum atomic E-state index is -4.58. The van der Waals surface area contributed by atoms with Crippen molar-refractivity contribution in [3.63, 3.8) is 0 Å². The van der Waals surface area contributed by atoms with Gasteiger partial charge in [0.05, 0.1) is 5.56 Å². The highest BCUT2D eigenvalue weighted by molar-refractivity contribution is 6.01. The first-order valence-electron chi connectivity index (χ1n) is 7.04. The van der Waals surface area contributed by atoms with E-state index in [1.165, 1.54) is 11.4 Å². The minimum absolute atomic E-state index is 0.125. The lowest BCUT2D eigenvalue weighted by atomic mass is 10.0. The Bertz CT molecular complexity index is 806. The molecule has 0 fully saturated rings. The first-order chi connectivity index (χ1) is 11.8. The van der Waals surface area contributed by atoms with Crippen molar-refractivity contribution in [1.29, 1.82) is 0 Å². The molecular weight excluding hydrogens is 341 g/mol. The van der Waals surface area contributed by atoms with Crippen LogP contribution in [-0.2, 0) is 4.79 Å². The van der Waals surface area contributed by atoms with Crippen LogP contribution < -0.4 is 15.4 Å². The molecule has 0 bridgehead atoms. The summed E-state index contributed by atoms with van der Waals surface area (Å²) in [5.74, 6) is -0.829. The van der Waals surface area contributed by atoms with E-state index in [1.807, 2.05) is 0 Å². The van der Waals surface area contributed by atoms with Gasteiger partial charge in [0.2, 0.25) is 0 Å². The normalized spacial score (nSPS) is 11.0. The molecule has 132 valence electrons. The second kappa shape index (κ2) is 7.65. The summed E-state index contributed by atoms with van der Waals surface area (Å²) in [6.07, 6.45) is -4.01. The van der Waals surface area contributed by atoms with Crippen molar-refractivity contribution in [2.75, 3.05) is 13.2 Å². The van der Waals surface area contributed by atoms with Gasteiger partial charge in [-0.3, -0.25) is 14.9 Å². The molecule has 2 N–H and O–H groups in total. The Morgan fingerprint density at radius 3 is 2.52 bits per heavy atom. The standard InChI is InChI=1S/C16H13F3N2O4/c17-16(18,19)9-20-15(24)21-14(23)8-25-13-6-5-10-3-1-2-4-11(10)12(13)7-22/h1-7H,8-9H2,(H2,20,21,23,24). The number of imide groups is 1. The van der Waals surface area contributed by atoms with Crippen LogP contribution in [-0.4, -0.2) is 37.6 Å². The number of halogens is 3. The van der Waals surface area contributed by atoms with E-state index in [1.54, 1.807) is 35.6 Å². The maximum Gasteiger partial charge on any atom is 0.405 e. The third-order valence-electron chi connectivity index (χ3n) is 3.11. The van der Waals surface area contributed by atoms with Gasteiger partial charge in [0.25, 0.3) is 5.91 Å². The quantitative estimate of drug-likeness (QED) is 0.808. The van der Waals surface area contributed by atoms with Crippen LogP contribution in [0.2, 0.25) is 0 Å². The van der Waals surface area contributed by atoms with E-state index in [2.05, 4.69) is 0 Å². The maximum absolute atomic E-state index is 11.9. The number of hydrogen-bond donors (Lipinski definition) is 2. The highest BCUT2D eigenvalue weighted by Crippen LogP contribution is 2.26. The molecule has 25 heavy (non-hydrogen) atoms. The summed E-state index contributed by atoms with van der Waals surface area (Å²) >= 11 is 0. The van der Waals surface area contributed by atoms with Gasteiger partial charge in [0.1, 0.15) is 12.3 Å². The number of nitrogens with one attached hydrogen (secondary N) is 2. The summed E-state index contributed by atoms with van der Waals surface area (Å²) in [7, 11) is 0. The van der Waals surface area contributed by atoms with Gasteiger partial charge in [-0.1, -0.05) is 30.3 Å². The molecule has 0 aliphatic rings. The number of aldehydes is 1. The number of rotatable bonds is 5. The van der Waals surface area contributed by atoms with Crippen molar-refractivity contribution < 1.29 is 32.3 Å². The van der Waals surface area contributed by atoms with Crippen molar-refractivity contribution in [3.8, 4) is 5.75 Å². The summed E-state index contributed by atoms with van der Waals surface area (Å²) in [6.45, 7) is -2.20. The summed E-state index contributed by atoms with van der Waals surface area (Å²) in [4.78, 5) is 34.0. The highest BCUT2D eigenvalue weighted by atomic mass is 19.4. The molecule has 9 heteroatoms. The summed E-state index contributed by atoms with van der Waals surface area (Å²) in [5, 5.41) is 4.61. The summed E-state index contributed by atoms with van der Waals surface area (Å²) < 4.78 is 41.0.